The molecule has 0 radical (unpaired) electrons. The van der Waals surface area contributed by atoms with Crippen molar-refractivity contribution in [3.63, 3.8) is 0 Å². The Labute approximate surface area is 271 Å². The van der Waals surface area contributed by atoms with E-state index in [4.69, 9.17) is 0 Å². The number of aliphatic hydroxyl groups excluding tert-OH is 1. The van der Waals surface area contributed by atoms with Crippen molar-refractivity contribution in [1.82, 2.24) is 20.2 Å². The molecule has 0 amide bonds. The van der Waals surface area contributed by atoms with E-state index in [1.165, 1.54) is 18.0 Å². The van der Waals surface area contributed by atoms with Gasteiger partial charge in [0.2, 0.25) is 0 Å². The Balaban J connectivity index is 1.60. The van der Waals surface area contributed by atoms with Gasteiger partial charge in [0, 0.05) is 31.4 Å². The number of nitrogens with zero attached hydrogens (tertiary/aromatic N) is 6. The van der Waals surface area contributed by atoms with Crippen LogP contribution in [0.3, 0.4) is 0 Å². The zero-order valence-electron chi connectivity index (χ0n) is 26.4. The van der Waals surface area contributed by atoms with Crippen LogP contribution < -0.4 is 9.80 Å². The van der Waals surface area contributed by atoms with Crippen molar-refractivity contribution >= 4 is 11.6 Å². The summed E-state index contributed by atoms with van der Waals surface area (Å²) in [5.74, 6) is 0.522. The third-order valence-electron chi connectivity index (χ3n) is 9.52. The van der Waals surface area contributed by atoms with Crippen LogP contribution in [0.5, 0.6) is 0 Å². The first-order valence-electron chi connectivity index (χ1n) is 15.9. The predicted octanol–water partition coefficient (Wildman–Crippen LogP) is 8.19. The van der Waals surface area contributed by atoms with Crippen LogP contribution in [-0.4, -0.2) is 44.5 Å². The van der Waals surface area contributed by atoms with Crippen molar-refractivity contribution in [3.05, 3.63) is 64.2 Å². The normalized spacial score (nSPS) is 22.1. The van der Waals surface area contributed by atoms with Gasteiger partial charge in [-0.25, -0.2) is 0 Å². The molecule has 16 heteroatoms. The van der Waals surface area contributed by atoms with E-state index >= 15 is 0 Å². The first-order chi connectivity index (χ1) is 22.5. The number of tetrazole rings is 1. The van der Waals surface area contributed by atoms with Gasteiger partial charge in [0.05, 0.1) is 29.8 Å². The molecule has 1 aliphatic carbocycles. The van der Waals surface area contributed by atoms with Crippen LogP contribution >= 0.6 is 0 Å². The number of aryl methyl sites for hydroxylation is 1. The van der Waals surface area contributed by atoms with E-state index in [9.17, 15) is 44.6 Å². The molecule has 1 aromatic heterocycles. The number of aromatic nitrogens is 4. The molecule has 5 rings (SSSR count). The molecule has 1 saturated carbocycles. The van der Waals surface area contributed by atoms with Crippen molar-refractivity contribution in [1.29, 1.82) is 0 Å². The van der Waals surface area contributed by atoms with Gasteiger partial charge in [-0.3, -0.25) is 0 Å². The van der Waals surface area contributed by atoms with Crippen molar-refractivity contribution in [2.24, 2.45) is 18.9 Å². The molecule has 1 aliphatic heterocycles. The Morgan fingerprint density at radius 1 is 0.833 bits per heavy atom. The molecule has 2 aromatic carbocycles. The zero-order chi connectivity index (χ0) is 35.0. The van der Waals surface area contributed by atoms with Gasteiger partial charge in [0.25, 0.3) is 5.95 Å². The van der Waals surface area contributed by atoms with Crippen molar-refractivity contribution in [2.45, 2.75) is 89.0 Å². The molecule has 1 fully saturated rings. The number of fused-ring (bicyclic) bond motifs is 1. The Bertz CT molecular complexity index is 1510. The maximum atomic E-state index is 14.1. The fourth-order valence-electron chi connectivity index (χ4n) is 7.08. The number of halogens is 9. The highest BCUT2D eigenvalue weighted by atomic mass is 19.4. The minimum Gasteiger partial charge on any atom is -0.396 e. The lowest BCUT2D eigenvalue weighted by molar-refractivity contribution is -0.143. The second kappa shape index (κ2) is 13.7. The van der Waals surface area contributed by atoms with Crippen molar-refractivity contribution in [3.8, 4) is 0 Å². The topological polar surface area (TPSA) is 70.3 Å². The smallest absolute Gasteiger partial charge is 0.396 e. The first kappa shape index (κ1) is 35.7. The molecule has 0 saturated heterocycles. The van der Waals surface area contributed by atoms with Gasteiger partial charge in [-0.1, -0.05) is 24.9 Å². The maximum absolute atomic E-state index is 14.1. The van der Waals surface area contributed by atoms with E-state index in [0.29, 0.717) is 36.7 Å². The monoisotopic (exact) mass is 692 g/mol. The van der Waals surface area contributed by atoms with Crippen LogP contribution in [-0.2, 0) is 32.1 Å². The average molecular weight is 693 g/mol. The number of hydrogen-bond donors (Lipinski definition) is 1. The van der Waals surface area contributed by atoms with E-state index in [0.717, 1.165) is 49.0 Å². The van der Waals surface area contributed by atoms with Gasteiger partial charge in [0.1, 0.15) is 0 Å². The lowest BCUT2D eigenvalue weighted by Crippen LogP contribution is -2.47. The molecule has 2 aliphatic rings. The average Bonchev–Trinajstić information content (AvgIpc) is 3.45. The molecule has 7 nitrogen and oxygen atoms in total. The Kier molecular flexibility index (Phi) is 10.2. The lowest BCUT2D eigenvalue weighted by Gasteiger charge is -2.47. The number of aliphatic hydroxyl groups is 1. The van der Waals surface area contributed by atoms with Crippen LogP contribution in [0.25, 0.3) is 0 Å². The molecular weight excluding hydrogens is 655 g/mol. The summed E-state index contributed by atoms with van der Waals surface area (Å²) < 4.78 is 125. The van der Waals surface area contributed by atoms with E-state index in [1.54, 1.807) is 0 Å². The van der Waals surface area contributed by atoms with Crippen LogP contribution in [0.4, 0.5) is 51.1 Å². The molecule has 0 bridgehead atoms. The number of rotatable bonds is 9. The van der Waals surface area contributed by atoms with Gasteiger partial charge in [-0.15, -0.1) is 5.10 Å². The Hall–Kier alpha value is -3.56. The highest BCUT2D eigenvalue weighted by molar-refractivity contribution is 5.62. The molecule has 2 heterocycles. The second-order valence-electron chi connectivity index (χ2n) is 12.8. The quantitative estimate of drug-likeness (QED) is 0.228. The molecule has 0 unspecified atom stereocenters. The number of hydrogen-bond acceptors (Lipinski definition) is 6. The molecular formula is C32H37F9N6O. The highest BCUT2D eigenvalue weighted by Gasteiger charge is 2.41. The molecule has 264 valence electrons. The third kappa shape index (κ3) is 8.00. The summed E-state index contributed by atoms with van der Waals surface area (Å²) in [6.07, 6.45) is -9.74. The molecule has 48 heavy (non-hydrogen) atoms. The third-order valence-corrected chi connectivity index (χ3v) is 9.52. The predicted molar refractivity (Wildman–Crippen MR) is 159 cm³/mol. The van der Waals surface area contributed by atoms with Crippen LogP contribution in [0.2, 0.25) is 0 Å². The first-order valence-corrected chi connectivity index (χ1v) is 15.9. The van der Waals surface area contributed by atoms with E-state index in [-0.39, 0.29) is 48.1 Å². The standard InChI is InChI=1S/C32H37F9N6O/c1-3-25-16-28(26-15-22(30(33,34)35)8-9-27(26)46(25)17-20-6-4-19(5-7-20)10-11-48)47(29-42-44-45(2)43-29)18-21-12-23(31(36,37)38)14-24(13-21)32(39,40)41/h8-9,12-15,19-20,25,28,48H,3-7,10-11,16-18H2,1-2H3/t19?,20?,25-,28-/m1/s1. The number of alkyl halides is 9. The summed E-state index contributed by atoms with van der Waals surface area (Å²) >= 11 is 0. The Morgan fingerprint density at radius 3 is 1.96 bits per heavy atom. The van der Waals surface area contributed by atoms with Crippen LogP contribution in [0.15, 0.2) is 36.4 Å². The van der Waals surface area contributed by atoms with Crippen LogP contribution in [0.1, 0.15) is 85.7 Å². The summed E-state index contributed by atoms with van der Waals surface area (Å²) in [4.78, 5) is 4.50. The van der Waals surface area contributed by atoms with Gasteiger partial charge in [-0.2, -0.15) is 44.3 Å². The lowest BCUT2D eigenvalue weighted by atomic mass is 9.79. The fourth-order valence-corrected chi connectivity index (χ4v) is 7.08. The maximum Gasteiger partial charge on any atom is 0.416 e. The molecule has 0 spiro atoms. The number of benzene rings is 2. The van der Waals surface area contributed by atoms with E-state index < -0.39 is 47.8 Å². The van der Waals surface area contributed by atoms with Gasteiger partial charge >= 0.3 is 18.5 Å². The Morgan fingerprint density at radius 2 is 1.44 bits per heavy atom. The fraction of sp³-hybridized carbons (Fsp3) is 0.594. The summed E-state index contributed by atoms with van der Waals surface area (Å²) in [6, 6.07) is 3.47. The number of anilines is 2. The van der Waals surface area contributed by atoms with E-state index in [2.05, 4.69) is 20.3 Å². The highest BCUT2D eigenvalue weighted by Crippen LogP contribution is 2.47. The van der Waals surface area contributed by atoms with Gasteiger partial charge in [0.15, 0.2) is 0 Å². The van der Waals surface area contributed by atoms with Crippen molar-refractivity contribution < 1.29 is 44.6 Å². The van der Waals surface area contributed by atoms with E-state index in [1.807, 2.05) is 6.92 Å². The summed E-state index contributed by atoms with van der Waals surface area (Å²) in [7, 11) is 1.42. The second-order valence-corrected chi connectivity index (χ2v) is 12.8. The summed E-state index contributed by atoms with van der Waals surface area (Å²) in [5, 5.41) is 21.3. The largest absolute Gasteiger partial charge is 0.416 e. The molecule has 3 aromatic rings. The van der Waals surface area contributed by atoms with Crippen LogP contribution in [0, 0.1) is 11.8 Å². The summed E-state index contributed by atoms with van der Waals surface area (Å²) in [5.41, 5.74) is -3.58. The molecule has 1 N–H and O–H groups in total. The van der Waals surface area contributed by atoms with Crippen molar-refractivity contribution in [2.75, 3.05) is 23.0 Å². The summed E-state index contributed by atoms with van der Waals surface area (Å²) in [6.45, 7) is 2.05. The SMILES string of the molecule is CC[C@@H]1C[C@@H](N(Cc2cc(C(F)(F)F)cc(C(F)(F)F)c2)c2nnn(C)n2)c2cc(C(F)(F)F)ccc2N1CC1CCC(CCO)CC1. The minimum absolute atomic E-state index is 0.0300. The van der Waals surface area contributed by atoms with Gasteiger partial charge < -0.3 is 14.9 Å². The minimum atomic E-state index is -5.09. The van der Waals surface area contributed by atoms with Gasteiger partial charge in [-0.05, 0) is 96.7 Å². The molecule has 2 atom stereocenters. The zero-order valence-corrected chi connectivity index (χ0v) is 26.4.